The van der Waals surface area contributed by atoms with Gasteiger partial charge < -0.3 is 9.88 Å². The SMILES string of the molecule is C=C(Br)CNCc1nncn1C. The lowest BCUT2D eigenvalue weighted by Gasteiger charge is -2.01. The van der Waals surface area contributed by atoms with Crippen LogP contribution in [0.4, 0.5) is 0 Å². The van der Waals surface area contributed by atoms with Gasteiger partial charge in [0, 0.05) is 18.1 Å². The molecule has 1 N–H and O–H groups in total. The Morgan fingerprint density at radius 1 is 1.83 bits per heavy atom. The summed E-state index contributed by atoms with van der Waals surface area (Å²) in [6, 6.07) is 0. The highest BCUT2D eigenvalue weighted by Gasteiger charge is 1.98. The molecule has 1 aromatic rings. The number of aryl methyl sites for hydroxylation is 1. The monoisotopic (exact) mass is 230 g/mol. The second kappa shape index (κ2) is 4.37. The van der Waals surface area contributed by atoms with Crippen molar-refractivity contribution in [3.8, 4) is 0 Å². The van der Waals surface area contributed by atoms with Crippen LogP contribution < -0.4 is 5.32 Å². The van der Waals surface area contributed by atoms with Crippen molar-refractivity contribution in [2.75, 3.05) is 6.54 Å². The number of hydrogen-bond acceptors (Lipinski definition) is 3. The van der Waals surface area contributed by atoms with Crippen LogP contribution in [0.1, 0.15) is 5.82 Å². The Kier molecular flexibility index (Phi) is 3.43. The van der Waals surface area contributed by atoms with Crippen LogP contribution in [0.5, 0.6) is 0 Å². The lowest BCUT2D eigenvalue weighted by atomic mass is 10.5. The van der Waals surface area contributed by atoms with Gasteiger partial charge in [0.25, 0.3) is 0 Å². The van der Waals surface area contributed by atoms with Crippen molar-refractivity contribution < 1.29 is 0 Å². The van der Waals surface area contributed by atoms with E-state index in [9.17, 15) is 0 Å². The highest BCUT2D eigenvalue weighted by Crippen LogP contribution is 1.97. The molecule has 0 aliphatic heterocycles. The minimum absolute atomic E-state index is 0.709. The third-order valence-corrected chi connectivity index (χ3v) is 1.69. The summed E-state index contributed by atoms with van der Waals surface area (Å²) >= 11 is 3.26. The van der Waals surface area contributed by atoms with Gasteiger partial charge in [-0.2, -0.15) is 0 Å². The standard InChI is InChI=1S/C7H11BrN4/c1-6(8)3-9-4-7-11-10-5-12(7)2/h5,9H,1,3-4H2,2H3. The molecule has 4 nitrogen and oxygen atoms in total. The Hall–Kier alpha value is -0.680. The summed E-state index contributed by atoms with van der Waals surface area (Å²) in [5.74, 6) is 0.920. The molecule has 0 aliphatic carbocycles. The fourth-order valence-corrected chi connectivity index (χ4v) is 0.975. The predicted octanol–water partition coefficient (Wildman–Crippen LogP) is 0.813. The molecule has 1 rings (SSSR count). The van der Waals surface area contributed by atoms with E-state index in [-0.39, 0.29) is 0 Å². The van der Waals surface area contributed by atoms with Crippen molar-refractivity contribution in [3.05, 3.63) is 23.2 Å². The van der Waals surface area contributed by atoms with Crippen molar-refractivity contribution in [2.45, 2.75) is 6.54 Å². The van der Waals surface area contributed by atoms with Crippen LogP contribution in [0.3, 0.4) is 0 Å². The maximum atomic E-state index is 3.92. The van der Waals surface area contributed by atoms with Gasteiger partial charge in [0.1, 0.15) is 12.2 Å². The van der Waals surface area contributed by atoms with E-state index in [2.05, 4.69) is 38.0 Å². The molecule has 12 heavy (non-hydrogen) atoms. The number of aromatic nitrogens is 3. The van der Waals surface area contributed by atoms with Gasteiger partial charge in [0.15, 0.2) is 0 Å². The van der Waals surface area contributed by atoms with E-state index in [1.54, 1.807) is 6.33 Å². The minimum Gasteiger partial charge on any atom is -0.320 e. The van der Waals surface area contributed by atoms with Crippen molar-refractivity contribution >= 4 is 15.9 Å². The van der Waals surface area contributed by atoms with Gasteiger partial charge >= 0.3 is 0 Å². The summed E-state index contributed by atoms with van der Waals surface area (Å²) in [6.07, 6.45) is 1.68. The van der Waals surface area contributed by atoms with Gasteiger partial charge in [0.2, 0.25) is 0 Å². The third-order valence-electron chi connectivity index (χ3n) is 1.41. The van der Waals surface area contributed by atoms with Gasteiger partial charge in [-0.15, -0.1) is 10.2 Å². The maximum absolute atomic E-state index is 3.92. The molecular formula is C7H11BrN4. The molecule has 1 aromatic heterocycles. The fraction of sp³-hybridized carbons (Fsp3) is 0.429. The Balaban J connectivity index is 2.33. The van der Waals surface area contributed by atoms with Crippen LogP contribution in [0.15, 0.2) is 17.4 Å². The number of hydrogen-bond donors (Lipinski definition) is 1. The van der Waals surface area contributed by atoms with Crippen LogP contribution in [0, 0.1) is 0 Å². The summed E-state index contributed by atoms with van der Waals surface area (Å²) < 4.78 is 2.81. The van der Waals surface area contributed by atoms with Crippen LogP contribution in [-0.4, -0.2) is 21.3 Å². The Morgan fingerprint density at radius 3 is 3.08 bits per heavy atom. The molecule has 0 fully saturated rings. The van der Waals surface area contributed by atoms with Crippen LogP contribution >= 0.6 is 15.9 Å². The highest BCUT2D eigenvalue weighted by molar-refractivity contribution is 9.11. The summed E-state index contributed by atoms with van der Waals surface area (Å²) in [6.45, 7) is 5.16. The molecule has 0 atom stereocenters. The highest BCUT2D eigenvalue weighted by atomic mass is 79.9. The largest absolute Gasteiger partial charge is 0.320 e. The summed E-state index contributed by atoms with van der Waals surface area (Å²) in [5.41, 5.74) is 0. The third kappa shape index (κ3) is 2.75. The molecule has 0 aliphatic rings. The van der Waals surface area contributed by atoms with Crippen molar-refractivity contribution in [3.63, 3.8) is 0 Å². The number of nitrogens with one attached hydrogen (secondary N) is 1. The first-order valence-corrected chi connectivity index (χ1v) is 4.36. The second-order valence-corrected chi connectivity index (χ2v) is 3.60. The zero-order valence-electron chi connectivity index (χ0n) is 6.92. The Bertz CT molecular complexity index is 268. The molecular weight excluding hydrogens is 220 g/mol. The summed E-state index contributed by atoms with van der Waals surface area (Å²) in [7, 11) is 1.92. The molecule has 0 saturated heterocycles. The van der Waals surface area contributed by atoms with E-state index < -0.39 is 0 Å². The van der Waals surface area contributed by atoms with Gasteiger partial charge in [-0.3, -0.25) is 0 Å². The first kappa shape index (κ1) is 9.41. The zero-order chi connectivity index (χ0) is 8.97. The van der Waals surface area contributed by atoms with Gasteiger partial charge in [-0.05, 0) is 0 Å². The van der Waals surface area contributed by atoms with E-state index >= 15 is 0 Å². The molecule has 0 aromatic carbocycles. The number of nitrogens with zero attached hydrogens (tertiary/aromatic N) is 3. The topological polar surface area (TPSA) is 42.7 Å². The molecule has 1 heterocycles. The van der Waals surface area contributed by atoms with Crippen molar-refractivity contribution in [1.29, 1.82) is 0 Å². The second-order valence-electron chi connectivity index (χ2n) is 2.48. The van der Waals surface area contributed by atoms with E-state index in [4.69, 9.17) is 0 Å². The normalized spacial score (nSPS) is 10.2. The summed E-state index contributed by atoms with van der Waals surface area (Å²) in [4.78, 5) is 0. The van der Waals surface area contributed by atoms with Gasteiger partial charge in [0.05, 0.1) is 6.54 Å². The molecule has 0 amide bonds. The van der Waals surface area contributed by atoms with Crippen LogP contribution in [0.25, 0.3) is 0 Å². The number of halogens is 1. The predicted molar refractivity (Wildman–Crippen MR) is 50.8 cm³/mol. The van der Waals surface area contributed by atoms with Crippen molar-refractivity contribution in [2.24, 2.45) is 7.05 Å². The van der Waals surface area contributed by atoms with Crippen molar-refractivity contribution in [1.82, 2.24) is 20.1 Å². The lowest BCUT2D eigenvalue weighted by molar-refractivity contribution is 0.677. The lowest BCUT2D eigenvalue weighted by Crippen LogP contribution is -2.17. The quantitative estimate of drug-likeness (QED) is 0.833. The average molecular weight is 231 g/mol. The molecule has 66 valence electrons. The van der Waals surface area contributed by atoms with Crippen LogP contribution in [-0.2, 0) is 13.6 Å². The number of rotatable bonds is 4. The smallest absolute Gasteiger partial charge is 0.146 e. The minimum atomic E-state index is 0.709. The first-order valence-electron chi connectivity index (χ1n) is 3.57. The fourth-order valence-electron chi connectivity index (χ4n) is 0.777. The first-order chi connectivity index (χ1) is 5.70. The molecule has 5 heteroatoms. The Morgan fingerprint density at radius 2 is 2.58 bits per heavy atom. The Labute approximate surface area is 79.8 Å². The maximum Gasteiger partial charge on any atom is 0.146 e. The van der Waals surface area contributed by atoms with E-state index in [0.29, 0.717) is 6.54 Å². The zero-order valence-corrected chi connectivity index (χ0v) is 8.50. The van der Waals surface area contributed by atoms with E-state index in [0.717, 1.165) is 16.9 Å². The summed E-state index contributed by atoms with van der Waals surface area (Å²) in [5, 5.41) is 10.8. The molecule has 0 bridgehead atoms. The molecule has 0 saturated carbocycles. The van der Waals surface area contributed by atoms with Gasteiger partial charge in [-0.1, -0.05) is 22.5 Å². The van der Waals surface area contributed by atoms with E-state index in [1.165, 1.54) is 0 Å². The van der Waals surface area contributed by atoms with Crippen LogP contribution in [0.2, 0.25) is 0 Å². The molecule has 0 spiro atoms. The van der Waals surface area contributed by atoms with E-state index in [1.807, 2.05) is 11.6 Å². The van der Waals surface area contributed by atoms with Gasteiger partial charge in [-0.25, -0.2) is 0 Å². The molecule has 0 radical (unpaired) electrons. The average Bonchev–Trinajstić information content (AvgIpc) is 2.36. The molecule has 0 unspecified atom stereocenters.